The lowest BCUT2D eigenvalue weighted by molar-refractivity contribution is 0.0582. The molecule has 0 unspecified atom stereocenters. The van der Waals surface area contributed by atoms with E-state index in [1.807, 2.05) is 20.8 Å². The zero-order valence-corrected chi connectivity index (χ0v) is 14.3. The highest BCUT2D eigenvalue weighted by Crippen LogP contribution is 2.45. The van der Waals surface area contributed by atoms with E-state index < -0.39 is 11.7 Å². The second-order valence-corrected chi connectivity index (χ2v) is 6.99. The summed E-state index contributed by atoms with van der Waals surface area (Å²) >= 11 is 6.09. The third-order valence-electron chi connectivity index (χ3n) is 3.67. The number of amides is 1. The molecular formula is C16H19ClN2O4. The summed E-state index contributed by atoms with van der Waals surface area (Å²) in [6.07, 6.45) is -0.467. The molecule has 23 heavy (non-hydrogen) atoms. The van der Waals surface area contributed by atoms with Gasteiger partial charge in [0.1, 0.15) is 11.1 Å². The molecule has 0 aliphatic carbocycles. The van der Waals surface area contributed by atoms with E-state index in [1.165, 1.54) is 11.0 Å². The highest BCUT2D eigenvalue weighted by atomic mass is 35.5. The number of aromatic hydroxyl groups is 1. The Bertz CT molecular complexity index is 778. The van der Waals surface area contributed by atoms with Gasteiger partial charge in [0, 0.05) is 36.9 Å². The van der Waals surface area contributed by atoms with Crippen molar-refractivity contribution in [1.82, 2.24) is 4.98 Å². The number of fused-ring (bicyclic) bond motifs is 3. The minimum atomic E-state index is -0.604. The molecule has 0 fully saturated rings. The molecule has 0 saturated heterocycles. The first-order chi connectivity index (χ1) is 10.7. The average Bonchev–Trinajstić information content (AvgIpc) is 2.97. The summed E-state index contributed by atoms with van der Waals surface area (Å²) in [5.41, 5.74) is 1.66. The minimum Gasteiger partial charge on any atom is -0.504 e. The maximum Gasteiger partial charge on any atom is 0.414 e. The molecule has 6 nitrogen and oxygen atoms in total. The number of oxazole rings is 1. The number of carbonyl (C=O) groups is 1. The zero-order chi connectivity index (χ0) is 16.9. The Labute approximate surface area is 139 Å². The average molecular weight is 339 g/mol. The third-order valence-corrected chi connectivity index (χ3v) is 4.05. The minimum absolute atomic E-state index is 0.0527. The Morgan fingerprint density at radius 3 is 2.87 bits per heavy atom. The van der Waals surface area contributed by atoms with Gasteiger partial charge in [-0.1, -0.05) is 0 Å². The Morgan fingerprint density at radius 1 is 1.57 bits per heavy atom. The molecule has 1 aromatic heterocycles. The molecule has 1 aromatic carbocycles. The molecule has 7 heteroatoms. The highest BCUT2D eigenvalue weighted by Gasteiger charge is 2.38. The quantitative estimate of drug-likeness (QED) is 0.797. The van der Waals surface area contributed by atoms with Gasteiger partial charge in [0.25, 0.3) is 0 Å². The summed E-state index contributed by atoms with van der Waals surface area (Å²) in [7, 11) is 0. The summed E-state index contributed by atoms with van der Waals surface area (Å²) in [5.74, 6) is 0.639. The van der Waals surface area contributed by atoms with E-state index in [0.717, 1.165) is 5.56 Å². The van der Waals surface area contributed by atoms with Crippen molar-refractivity contribution in [3.8, 4) is 5.75 Å². The highest BCUT2D eigenvalue weighted by molar-refractivity contribution is 6.19. The molecule has 124 valence electrons. The zero-order valence-electron chi connectivity index (χ0n) is 13.5. The van der Waals surface area contributed by atoms with Gasteiger partial charge >= 0.3 is 6.09 Å². The SMILES string of the molecule is Cc1nc2c3c(cc(O)c2o1)N(C(=O)OC(C)(C)C)C[C@@H]3CCl. The number of aromatic nitrogens is 1. The molecular weight excluding hydrogens is 320 g/mol. The predicted octanol–water partition coefficient (Wildman–Crippen LogP) is 3.92. The first kappa shape index (κ1) is 15.9. The summed E-state index contributed by atoms with van der Waals surface area (Å²) in [6.45, 7) is 7.52. The standard InChI is InChI=1S/C16H19ClN2O4/c1-8-18-13-12-9(6-17)7-19(15(21)23-16(2,3)4)10(12)5-11(20)14(13)22-8/h5,9,20H,6-7H2,1-4H3/t9-/m0/s1. The number of nitrogens with zero attached hydrogens (tertiary/aromatic N) is 2. The number of carbonyl (C=O) groups excluding carboxylic acids is 1. The number of aryl methyl sites for hydroxylation is 1. The second kappa shape index (κ2) is 5.30. The van der Waals surface area contributed by atoms with Crippen LogP contribution in [0.4, 0.5) is 10.5 Å². The van der Waals surface area contributed by atoms with Crippen LogP contribution < -0.4 is 4.90 Å². The Balaban J connectivity index is 2.12. The van der Waals surface area contributed by atoms with Crippen LogP contribution in [0, 0.1) is 6.92 Å². The van der Waals surface area contributed by atoms with E-state index in [9.17, 15) is 9.90 Å². The van der Waals surface area contributed by atoms with E-state index in [1.54, 1.807) is 6.92 Å². The monoisotopic (exact) mass is 338 g/mol. The Hall–Kier alpha value is -1.95. The largest absolute Gasteiger partial charge is 0.504 e. The van der Waals surface area contributed by atoms with Crippen LogP contribution in [0.2, 0.25) is 0 Å². The second-order valence-electron chi connectivity index (χ2n) is 6.68. The molecule has 0 bridgehead atoms. The molecule has 3 rings (SSSR count). The van der Waals surface area contributed by atoms with Gasteiger partial charge in [-0.25, -0.2) is 9.78 Å². The topological polar surface area (TPSA) is 75.8 Å². The maximum atomic E-state index is 12.5. The number of hydrogen-bond acceptors (Lipinski definition) is 5. The molecule has 2 heterocycles. The molecule has 2 aromatic rings. The molecule has 0 spiro atoms. The Morgan fingerprint density at radius 2 is 2.26 bits per heavy atom. The van der Waals surface area contributed by atoms with Gasteiger partial charge < -0.3 is 14.3 Å². The number of hydrogen-bond donors (Lipinski definition) is 1. The molecule has 1 aliphatic heterocycles. The summed E-state index contributed by atoms with van der Waals surface area (Å²) < 4.78 is 10.9. The van der Waals surface area contributed by atoms with Crippen molar-refractivity contribution in [3.63, 3.8) is 0 Å². The molecule has 0 radical (unpaired) electrons. The van der Waals surface area contributed by atoms with Crippen LogP contribution in [0.3, 0.4) is 0 Å². The lowest BCUT2D eigenvalue weighted by Gasteiger charge is -2.25. The number of phenols is 1. The smallest absolute Gasteiger partial charge is 0.414 e. The van der Waals surface area contributed by atoms with Crippen LogP contribution >= 0.6 is 11.6 Å². The van der Waals surface area contributed by atoms with Crippen molar-refractivity contribution in [2.45, 2.75) is 39.2 Å². The van der Waals surface area contributed by atoms with E-state index in [4.69, 9.17) is 20.8 Å². The number of rotatable bonds is 1. The van der Waals surface area contributed by atoms with Crippen LogP contribution in [0.1, 0.15) is 38.1 Å². The van der Waals surface area contributed by atoms with Gasteiger partial charge in [0.2, 0.25) is 0 Å². The number of ether oxygens (including phenoxy) is 1. The van der Waals surface area contributed by atoms with Crippen molar-refractivity contribution in [3.05, 3.63) is 17.5 Å². The fraction of sp³-hybridized carbons (Fsp3) is 0.500. The van der Waals surface area contributed by atoms with Gasteiger partial charge in [0.05, 0.1) is 5.69 Å². The number of phenolic OH excluding ortho intramolecular Hbond substituents is 1. The third kappa shape index (κ3) is 2.72. The number of benzene rings is 1. The van der Waals surface area contributed by atoms with Crippen LogP contribution in [-0.2, 0) is 4.74 Å². The lowest BCUT2D eigenvalue weighted by Crippen LogP contribution is -2.36. The van der Waals surface area contributed by atoms with Crippen molar-refractivity contribution in [1.29, 1.82) is 0 Å². The molecule has 1 atom stereocenters. The first-order valence-electron chi connectivity index (χ1n) is 7.40. The molecule has 1 amide bonds. The molecule has 0 saturated carbocycles. The fourth-order valence-corrected chi connectivity index (χ4v) is 3.08. The van der Waals surface area contributed by atoms with Crippen LogP contribution in [-0.4, -0.2) is 34.2 Å². The predicted molar refractivity (Wildman–Crippen MR) is 87.5 cm³/mol. The number of anilines is 1. The normalized spacial score (nSPS) is 17.6. The fourth-order valence-electron chi connectivity index (χ4n) is 2.83. The van der Waals surface area contributed by atoms with E-state index in [-0.39, 0.29) is 11.7 Å². The molecule has 1 aliphatic rings. The van der Waals surface area contributed by atoms with Crippen LogP contribution in [0.25, 0.3) is 11.1 Å². The van der Waals surface area contributed by atoms with E-state index in [0.29, 0.717) is 35.1 Å². The first-order valence-corrected chi connectivity index (χ1v) is 7.94. The van der Waals surface area contributed by atoms with Gasteiger partial charge in [0.15, 0.2) is 17.2 Å². The van der Waals surface area contributed by atoms with Gasteiger partial charge in [-0.2, -0.15) is 0 Å². The van der Waals surface area contributed by atoms with Gasteiger partial charge in [-0.05, 0) is 20.8 Å². The van der Waals surface area contributed by atoms with E-state index in [2.05, 4.69) is 4.98 Å². The number of halogens is 1. The van der Waals surface area contributed by atoms with Crippen molar-refractivity contribution in [2.24, 2.45) is 0 Å². The Kier molecular flexibility index (Phi) is 3.67. The van der Waals surface area contributed by atoms with E-state index >= 15 is 0 Å². The van der Waals surface area contributed by atoms with Gasteiger partial charge in [-0.3, -0.25) is 4.90 Å². The summed E-state index contributed by atoms with van der Waals surface area (Å²) in [4.78, 5) is 18.3. The van der Waals surface area contributed by atoms with Crippen molar-refractivity contribution in [2.75, 3.05) is 17.3 Å². The molecule has 1 N–H and O–H groups in total. The van der Waals surface area contributed by atoms with Crippen molar-refractivity contribution < 1.29 is 19.1 Å². The summed E-state index contributed by atoms with van der Waals surface area (Å²) in [6, 6.07) is 1.51. The van der Waals surface area contributed by atoms with Gasteiger partial charge in [-0.15, -0.1) is 11.6 Å². The lowest BCUT2D eigenvalue weighted by atomic mass is 10.0. The van der Waals surface area contributed by atoms with Crippen molar-refractivity contribution >= 4 is 34.5 Å². The number of alkyl halides is 1. The van der Waals surface area contributed by atoms with Crippen LogP contribution in [0.5, 0.6) is 5.75 Å². The summed E-state index contributed by atoms with van der Waals surface area (Å²) in [5, 5.41) is 10.2. The maximum absolute atomic E-state index is 12.5. The van der Waals surface area contributed by atoms with Crippen LogP contribution in [0.15, 0.2) is 10.5 Å².